The number of urea groups is 1. The quantitative estimate of drug-likeness (QED) is 0.795. The van der Waals surface area contributed by atoms with E-state index in [0.29, 0.717) is 6.54 Å². The highest BCUT2D eigenvalue weighted by atomic mass is 32.2. The molecule has 6 heteroatoms. The van der Waals surface area contributed by atoms with Crippen LogP contribution in [0.3, 0.4) is 0 Å². The molecule has 2 aromatic carbocycles. The number of fused-ring (bicyclic) bond motifs is 1. The highest BCUT2D eigenvalue weighted by Crippen LogP contribution is 2.35. The summed E-state index contributed by atoms with van der Waals surface area (Å²) in [6, 6.07) is 16.6. The molecule has 2 fully saturated rings. The lowest BCUT2D eigenvalue weighted by molar-refractivity contribution is 0.206. The predicted molar refractivity (Wildman–Crippen MR) is 97.3 cm³/mol. The Morgan fingerprint density at radius 1 is 0.960 bits per heavy atom. The summed E-state index contributed by atoms with van der Waals surface area (Å²) in [5.74, 6) is 0.0707. The number of benzene rings is 2. The van der Waals surface area contributed by atoms with Gasteiger partial charge in [0.1, 0.15) is 0 Å². The predicted octanol–water partition coefficient (Wildman–Crippen LogP) is 2.60. The summed E-state index contributed by atoms with van der Waals surface area (Å²) >= 11 is 0. The fraction of sp³-hybridized carbons (Fsp3) is 0.316. The molecule has 2 aromatic rings. The van der Waals surface area contributed by atoms with E-state index in [2.05, 4.69) is 0 Å². The molecule has 25 heavy (non-hydrogen) atoms. The molecule has 0 radical (unpaired) electrons. The number of amides is 2. The van der Waals surface area contributed by atoms with Gasteiger partial charge in [0.2, 0.25) is 0 Å². The van der Waals surface area contributed by atoms with Crippen molar-refractivity contribution in [1.29, 1.82) is 0 Å². The molecule has 4 rings (SSSR count). The minimum atomic E-state index is -3.14. The van der Waals surface area contributed by atoms with Gasteiger partial charge in [-0.3, -0.25) is 4.90 Å². The number of nitrogens with zero attached hydrogens (tertiary/aromatic N) is 2. The van der Waals surface area contributed by atoms with E-state index in [4.69, 9.17) is 0 Å². The van der Waals surface area contributed by atoms with Crippen molar-refractivity contribution in [2.75, 3.05) is 16.4 Å². The van der Waals surface area contributed by atoms with Crippen LogP contribution in [0.5, 0.6) is 0 Å². The Bertz CT molecular complexity index is 894. The number of rotatable bonds is 3. The van der Waals surface area contributed by atoms with E-state index in [1.165, 1.54) is 0 Å². The van der Waals surface area contributed by atoms with Gasteiger partial charge in [-0.05, 0) is 24.6 Å². The van der Waals surface area contributed by atoms with Crippen LogP contribution in [-0.4, -0.2) is 42.9 Å². The summed E-state index contributed by atoms with van der Waals surface area (Å²) in [6.07, 6.45) is 0. The van der Waals surface area contributed by atoms with Crippen LogP contribution in [0.2, 0.25) is 0 Å². The lowest BCUT2D eigenvalue weighted by Crippen LogP contribution is -2.37. The first-order valence-electron chi connectivity index (χ1n) is 8.35. The lowest BCUT2D eigenvalue weighted by atomic mass is 10.1. The third-order valence-corrected chi connectivity index (χ3v) is 6.68. The van der Waals surface area contributed by atoms with Gasteiger partial charge < -0.3 is 4.90 Å². The van der Waals surface area contributed by atoms with Crippen LogP contribution < -0.4 is 4.90 Å². The summed E-state index contributed by atoms with van der Waals surface area (Å²) in [5, 5.41) is 0. The van der Waals surface area contributed by atoms with Crippen LogP contribution in [0, 0.1) is 6.92 Å². The number of hydrogen-bond donors (Lipinski definition) is 0. The van der Waals surface area contributed by atoms with E-state index in [1.807, 2.05) is 61.5 Å². The SMILES string of the molecule is Cc1ccc(CN2C(=O)N(c3ccccc3)C3CS(=O)(=O)CC32)cc1. The molecule has 2 heterocycles. The Labute approximate surface area is 147 Å². The zero-order valence-electron chi connectivity index (χ0n) is 14.0. The second-order valence-corrected chi connectivity index (χ2v) is 8.97. The first-order valence-corrected chi connectivity index (χ1v) is 10.2. The topological polar surface area (TPSA) is 57.7 Å². The Hall–Kier alpha value is -2.34. The van der Waals surface area contributed by atoms with Crippen LogP contribution in [-0.2, 0) is 16.4 Å². The summed E-state index contributed by atoms with van der Waals surface area (Å²) in [7, 11) is -3.14. The molecule has 0 N–H and O–H groups in total. The van der Waals surface area contributed by atoms with Gasteiger partial charge in [0.15, 0.2) is 9.84 Å². The zero-order valence-corrected chi connectivity index (χ0v) is 14.8. The first kappa shape index (κ1) is 16.1. The molecule has 5 nitrogen and oxygen atoms in total. The van der Waals surface area contributed by atoms with Crippen LogP contribution >= 0.6 is 0 Å². The largest absolute Gasteiger partial charge is 0.325 e. The molecule has 2 amide bonds. The van der Waals surface area contributed by atoms with E-state index in [0.717, 1.165) is 16.8 Å². The third-order valence-electron chi connectivity index (χ3n) is 4.99. The maximum absolute atomic E-state index is 13.1. The van der Waals surface area contributed by atoms with E-state index in [-0.39, 0.29) is 29.6 Å². The number of sulfone groups is 1. The second-order valence-electron chi connectivity index (χ2n) is 6.81. The maximum atomic E-state index is 13.1. The van der Waals surface area contributed by atoms with Gasteiger partial charge in [-0.25, -0.2) is 13.2 Å². The smallest absolute Gasteiger partial charge is 0.314 e. The highest BCUT2D eigenvalue weighted by Gasteiger charge is 2.53. The van der Waals surface area contributed by atoms with Crippen LogP contribution in [0.4, 0.5) is 10.5 Å². The van der Waals surface area contributed by atoms with Gasteiger partial charge in [-0.15, -0.1) is 0 Å². The number of para-hydroxylation sites is 1. The molecule has 0 aromatic heterocycles. The molecule has 2 atom stereocenters. The van der Waals surface area contributed by atoms with Gasteiger partial charge in [0, 0.05) is 12.2 Å². The standard InChI is InChI=1S/C19H20N2O3S/c1-14-7-9-15(10-8-14)11-20-17-12-25(23,24)13-18(17)21(19(20)22)16-5-3-2-4-6-16/h2-10,17-18H,11-13H2,1H3. The van der Waals surface area contributed by atoms with Crippen LogP contribution in [0.1, 0.15) is 11.1 Å². The number of hydrogen-bond acceptors (Lipinski definition) is 3. The van der Waals surface area contributed by atoms with Crippen molar-refractivity contribution >= 4 is 21.6 Å². The minimum absolute atomic E-state index is 0.0305. The molecule has 2 aliphatic heterocycles. The third kappa shape index (κ3) is 2.91. The fourth-order valence-corrected chi connectivity index (χ4v) is 5.69. The summed E-state index contributed by atoms with van der Waals surface area (Å²) in [6.45, 7) is 2.45. The van der Waals surface area contributed by atoms with Crippen molar-refractivity contribution in [3.63, 3.8) is 0 Å². The summed E-state index contributed by atoms with van der Waals surface area (Å²) in [4.78, 5) is 16.4. The average molecular weight is 356 g/mol. The zero-order chi connectivity index (χ0) is 17.6. The average Bonchev–Trinajstić information content (AvgIpc) is 3.01. The van der Waals surface area contributed by atoms with Gasteiger partial charge in [-0.1, -0.05) is 48.0 Å². The van der Waals surface area contributed by atoms with Gasteiger partial charge in [0.05, 0.1) is 23.6 Å². The maximum Gasteiger partial charge on any atom is 0.325 e. The normalized spacial score (nSPS) is 24.6. The number of aryl methyl sites for hydroxylation is 1. The lowest BCUT2D eigenvalue weighted by Gasteiger charge is -2.22. The van der Waals surface area contributed by atoms with Crippen LogP contribution in [0.15, 0.2) is 54.6 Å². The molecule has 0 saturated carbocycles. The molecule has 0 aliphatic carbocycles. The number of anilines is 1. The summed E-state index contributed by atoms with van der Waals surface area (Å²) in [5.41, 5.74) is 2.92. The minimum Gasteiger partial charge on any atom is -0.314 e. The van der Waals surface area contributed by atoms with Gasteiger partial charge in [0.25, 0.3) is 0 Å². The Kier molecular flexibility index (Phi) is 3.80. The van der Waals surface area contributed by atoms with Crippen molar-refractivity contribution < 1.29 is 13.2 Å². The van der Waals surface area contributed by atoms with Crippen molar-refractivity contribution in [2.45, 2.75) is 25.6 Å². The van der Waals surface area contributed by atoms with E-state index in [1.54, 1.807) is 9.80 Å². The molecule has 2 aliphatic rings. The molecular formula is C19H20N2O3S. The van der Waals surface area contributed by atoms with E-state index < -0.39 is 9.84 Å². The Balaban J connectivity index is 1.69. The Morgan fingerprint density at radius 3 is 2.28 bits per heavy atom. The van der Waals surface area contributed by atoms with Crippen molar-refractivity contribution in [2.24, 2.45) is 0 Å². The highest BCUT2D eigenvalue weighted by molar-refractivity contribution is 7.91. The molecular weight excluding hydrogens is 336 g/mol. The molecule has 0 spiro atoms. The molecule has 2 unspecified atom stereocenters. The van der Waals surface area contributed by atoms with Crippen molar-refractivity contribution in [1.82, 2.24) is 4.90 Å². The summed E-state index contributed by atoms with van der Waals surface area (Å²) < 4.78 is 24.4. The van der Waals surface area contributed by atoms with E-state index in [9.17, 15) is 13.2 Å². The van der Waals surface area contributed by atoms with Gasteiger partial charge in [-0.2, -0.15) is 0 Å². The van der Waals surface area contributed by atoms with Crippen molar-refractivity contribution in [3.05, 3.63) is 65.7 Å². The van der Waals surface area contributed by atoms with Crippen molar-refractivity contribution in [3.8, 4) is 0 Å². The molecule has 2 saturated heterocycles. The fourth-order valence-electron chi connectivity index (χ4n) is 3.74. The monoisotopic (exact) mass is 356 g/mol. The number of carbonyl (C=O) groups is 1. The molecule has 0 bridgehead atoms. The first-order chi connectivity index (χ1) is 11.9. The van der Waals surface area contributed by atoms with E-state index >= 15 is 0 Å². The van der Waals surface area contributed by atoms with Crippen LogP contribution in [0.25, 0.3) is 0 Å². The Morgan fingerprint density at radius 2 is 1.60 bits per heavy atom. The van der Waals surface area contributed by atoms with Gasteiger partial charge >= 0.3 is 6.03 Å². The number of carbonyl (C=O) groups excluding carboxylic acids is 1. The molecule has 130 valence electrons. The second kappa shape index (κ2) is 5.88.